The van der Waals surface area contributed by atoms with Gasteiger partial charge >= 0.3 is 6.03 Å². The number of carbonyl (C=O) groups is 1. The zero-order valence-electron chi connectivity index (χ0n) is 16.3. The van der Waals surface area contributed by atoms with Gasteiger partial charge in [-0.25, -0.2) is 4.79 Å². The molecular weight excluding hydrogens is 352 g/mol. The fraction of sp³-hybridized carbons (Fsp3) is 0.261. The lowest BCUT2D eigenvalue weighted by molar-refractivity contribution is 0.135. The molecule has 3 aromatic rings. The maximum absolute atomic E-state index is 13.0. The number of urea groups is 1. The van der Waals surface area contributed by atoms with Gasteiger partial charge in [0.05, 0.1) is 24.9 Å². The predicted octanol–water partition coefficient (Wildman–Crippen LogP) is 4.65. The van der Waals surface area contributed by atoms with Crippen molar-refractivity contribution in [2.45, 2.75) is 26.5 Å². The van der Waals surface area contributed by atoms with E-state index in [-0.39, 0.29) is 12.6 Å². The molecule has 0 fully saturated rings. The van der Waals surface area contributed by atoms with Gasteiger partial charge in [0, 0.05) is 17.5 Å². The molecule has 1 atom stereocenters. The van der Waals surface area contributed by atoms with Crippen molar-refractivity contribution in [2.24, 2.45) is 0 Å². The Balaban J connectivity index is 1.84. The Hall–Kier alpha value is -3.05. The van der Waals surface area contributed by atoms with E-state index in [1.807, 2.05) is 73.7 Å². The van der Waals surface area contributed by atoms with Gasteiger partial charge in [-0.3, -0.25) is 0 Å². The van der Waals surface area contributed by atoms with Crippen LogP contribution in [0, 0.1) is 0 Å². The average molecular weight is 378 g/mol. The second-order valence-corrected chi connectivity index (χ2v) is 6.73. The van der Waals surface area contributed by atoms with Crippen molar-refractivity contribution in [3.05, 3.63) is 72.3 Å². The van der Waals surface area contributed by atoms with Crippen molar-refractivity contribution in [1.82, 2.24) is 4.90 Å². The first-order valence-electron chi connectivity index (χ1n) is 9.51. The predicted molar refractivity (Wildman–Crippen MR) is 113 cm³/mol. The molecule has 5 heteroatoms. The topological polar surface area (TPSA) is 61.8 Å². The zero-order chi connectivity index (χ0) is 19.9. The van der Waals surface area contributed by atoms with Gasteiger partial charge in [-0.15, -0.1) is 0 Å². The summed E-state index contributed by atoms with van der Waals surface area (Å²) in [6, 6.07) is 21.1. The average Bonchev–Trinajstić information content (AvgIpc) is 2.69. The van der Waals surface area contributed by atoms with Gasteiger partial charge in [0.25, 0.3) is 0 Å². The lowest BCUT2D eigenvalue weighted by Gasteiger charge is -2.25. The highest BCUT2D eigenvalue weighted by Crippen LogP contribution is 2.24. The summed E-state index contributed by atoms with van der Waals surface area (Å²) in [5.74, 6) is 0.749. The Morgan fingerprint density at radius 3 is 2.57 bits per heavy atom. The molecule has 0 spiro atoms. The van der Waals surface area contributed by atoms with Gasteiger partial charge in [-0.1, -0.05) is 54.6 Å². The summed E-state index contributed by atoms with van der Waals surface area (Å²) in [6.07, 6.45) is -0.641. The lowest BCUT2D eigenvalue weighted by Crippen LogP contribution is -2.39. The summed E-state index contributed by atoms with van der Waals surface area (Å²) in [6.45, 7) is 4.72. The highest BCUT2D eigenvalue weighted by Gasteiger charge is 2.19. The molecule has 0 aliphatic carbocycles. The molecular formula is C23H26N2O3. The van der Waals surface area contributed by atoms with Gasteiger partial charge in [0.1, 0.15) is 5.75 Å². The monoisotopic (exact) mass is 378 g/mol. The van der Waals surface area contributed by atoms with E-state index in [1.165, 1.54) is 0 Å². The van der Waals surface area contributed by atoms with Crippen molar-refractivity contribution in [2.75, 3.05) is 18.5 Å². The van der Waals surface area contributed by atoms with Gasteiger partial charge in [0.2, 0.25) is 0 Å². The Morgan fingerprint density at radius 2 is 1.79 bits per heavy atom. The van der Waals surface area contributed by atoms with Crippen LogP contribution in [-0.2, 0) is 6.54 Å². The summed E-state index contributed by atoms with van der Waals surface area (Å²) in [4.78, 5) is 14.6. The van der Waals surface area contributed by atoms with E-state index in [1.54, 1.807) is 11.8 Å². The van der Waals surface area contributed by atoms with E-state index in [4.69, 9.17) is 4.74 Å². The highest BCUT2D eigenvalue weighted by molar-refractivity contribution is 6.01. The van der Waals surface area contributed by atoms with E-state index in [9.17, 15) is 9.90 Å². The van der Waals surface area contributed by atoms with Gasteiger partial charge in [-0.05, 0) is 31.4 Å². The van der Waals surface area contributed by atoms with Crippen LogP contribution in [0.1, 0.15) is 19.4 Å². The molecule has 0 saturated carbocycles. The van der Waals surface area contributed by atoms with Crippen LogP contribution >= 0.6 is 0 Å². The molecule has 3 aromatic carbocycles. The van der Waals surface area contributed by atoms with Crippen LogP contribution in [0.4, 0.5) is 10.5 Å². The maximum Gasteiger partial charge on any atom is 0.322 e. The summed E-state index contributed by atoms with van der Waals surface area (Å²) >= 11 is 0. The minimum atomic E-state index is -0.641. The van der Waals surface area contributed by atoms with Gasteiger partial charge < -0.3 is 20.1 Å². The number of fused-ring (bicyclic) bond motifs is 1. The summed E-state index contributed by atoms with van der Waals surface area (Å²) in [5.41, 5.74) is 1.65. The number of hydrogen-bond acceptors (Lipinski definition) is 3. The van der Waals surface area contributed by atoms with Crippen LogP contribution in [0.3, 0.4) is 0 Å². The summed E-state index contributed by atoms with van der Waals surface area (Å²) < 4.78 is 5.68. The number of ether oxygens (including phenoxy) is 1. The van der Waals surface area contributed by atoms with Crippen LogP contribution in [0.5, 0.6) is 5.75 Å². The van der Waals surface area contributed by atoms with Gasteiger partial charge in [-0.2, -0.15) is 0 Å². The van der Waals surface area contributed by atoms with Crippen LogP contribution in [0.15, 0.2) is 66.7 Å². The van der Waals surface area contributed by atoms with Crippen LogP contribution in [-0.4, -0.2) is 35.3 Å². The zero-order valence-corrected chi connectivity index (χ0v) is 16.3. The van der Waals surface area contributed by atoms with Crippen LogP contribution < -0.4 is 10.1 Å². The minimum absolute atomic E-state index is 0.219. The number of carbonyl (C=O) groups excluding carboxylic acids is 1. The normalized spacial score (nSPS) is 11.8. The molecule has 5 nitrogen and oxygen atoms in total. The number of anilines is 1. The first-order valence-corrected chi connectivity index (χ1v) is 9.51. The Morgan fingerprint density at radius 1 is 1.07 bits per heavy atom. The number of amides is 2. The second kappa shape index (κ2) is 9.24. The van der Waals surface area contributed by atoms with Crippen molar-refractivity contribution in [3.63, 3.8) is 0 Å². The summed E-state index contributed by atoms with van der Waals surface area (Å²) in [7, 11) is 0. The van der Waals surface area contributed by atoms with E-state index in [2.05, 4.69) is 5.32 Å². The third-order valence-corrected chi connectivity index (χ3v) is 4.44. The van der Waals surface area contributed by atoms with E-state index in [0.717, 1.165) is 27.8 Å². The lowest BCUT2D eigenvalue weighted by atomic mass is 10.1. The van der Waals surface area contributed by atoms with Crippen LogP contribution in [0.25, 0.3) is 10.8 Å². The number of benzene rings is 3. The molecule has 0 aromatic heterocycles. The van der Waals surface area contributed by atoms with E-state index < -0.39 is 6.10 Å². The smallest absolute Gasteiger partial charge is 0.322 e. The minimum Gasteiger partial charge on any atom is -0.494 e. The number of hydrogen-bond donors (Lipinski definition) is 2. The first-order chi connectivity index (χ1) is 13.6. The molecule has 0 aliphatic rings. The van der Waals surface area contributed by atoms with Crippen LogP contribution in [0.2, 0.25) is 0 Å². The first kappa shape index (κ1) is 19.7. The Bertz CT molecular complexity index is 935. The molecule has 0 aliphatic heterocycles. The molecule has 0 bridgehead atoms. The summed E-state index contributed by atoms with van der Waals surface area (Å²) in [5, 5.41) is 14.9. The number of nitrogens with zero attached hydrogens (tertiary/aromatic N) is 1. The van der Waals surface area contributed by atoms with Gasteiger partial charge in [0.15, 0.2) is 0 Å². The highest BCUT2D eigenvalue weighted by atomic mass is 16.5. The molecule has 2 amide bonds. The quantitative estimate of drug-likeness (QED) is 0.629. The van der Waals surface area contributed by atoms with Crippen molar-refractivity contribution in [3.8, 4) is 5.75 Å². The fourth-order valence-corrected chi connectivity index (χ4v) is 3.20. The van der Waals surface area contributed by atoms with E-state index >= 15 is 0 Å². The SMILES string of the molecule is CCOc1ccccc1CN(C[C@H](C)O)C(=O)Nc1cccc2ccccc12. The maximum atomic E-state index is 13.0. The van der Waals surface area contributed by atoms with Crippen molar-refractivity contribution >= 4 is 22.5 Å². The Labute approximate surface area is 165 Å². The molecule has 0 unspecified atom stereocenters. The molecule has 0 radical (unpaired) electrons. The van der Waals surface area contributed by atoms with Crippen molar-refractivity contribution < 1.29 is 14.6 Å². The number of nitrogens with one attached hydrogen (secondary N) is 1. The van der Waals surface area contributed by atoms with E-state index in [0.29, 0.717) is 13.2 Å². The van der Waals surface area contributed by atoms with Crippen molar-refractivity contribution in [1.29, 1.82) is 0 Å². The standard InChI is InChI=1S/C23H26N2O3/c1-3-28-22-14-7-5-10-19(22)16-25(15-17(2)26)23(27)24-21-13-8-11-18-9-4-6-12-20(18)21/h4-14,17,26H,3,15-16H2,1-2H3,(H,24,27)/t17-/m0/s1. The molecule has 0 heterocycles. The number of aliphatic hydroxyl groups excluding tert-OH is 1. The molecule has 28 heavy (non-hydrogen) atoms. The third kappa shape index (κ3) is 4.81. The Kier molecular flexibility index (Phi) is 6.50. The molecule has 2 N–H and O–H groups in total. The fourth-order valence-electron chi connectivity index (χ4n) is 3.20. The largest absolute Gasteiger partial charge is 0.494 e. The second-order valence-electron chi connectivity index (χ2n) is 6.73. The molecule has 0 saturated heterocycles. The number of aliphatic hydroxyl groups is 1. The number of para-hydroxylation sites is 1. The third-order valence-electron chi connectivity index (χ3n) is 4.44. The molecule has 146 valence electrons. The number of rotatable bonds is 7. The molecule has 3 rings (SSSR count).